The van der Waals surface area contributed by atoms with Crippen LogP contribution in [0.4, 0.5) is 0 Å². The van der Waals surface area contributed by atoms with E-state index in [1.807, 2.05) is 0 Å². The highest BCUT2D eigenvalue weighted by molar-refractivity contribution is 5.80. The summed E-state index contributed by atoms with van der Waals surface area (Å²) >= 11 is 0. The number of nitrogens with one attached hydrogen (secondary N) is 1. The van der Waals surface area contributed by atoms with Gasteiger partial charge in [-0.15, -0.1) is 0 Å². The van der Waals surface area contributed by atoms with E-state index in [0.717, 1.165) is 4.57 Å². The lowest BCUT2D eigenvalue weighted by Gasteiger charge is -1.92. The van der Waals surface area contributed by atoms with Crippen molar-refractivity contribution in [1.82, 2.24) is 9.55 Å². The fourth-order valence-corrected chi connectivity index (χ4v) is 0.797. The highest BCUT2D eigenvalue weighted by atomic mass is 16.2. The van der Waals surface area contributed by atoms with Crippen LogP contribution in [-0.2, 0) is 0 Å². The lowest BCUT2D eigenvalue weighted by Crippen LogP contribution is -2.29. The van der Waals surface area contributed by atoms with Crippen LogP contribution in [-0.4, -0.2) is 22.0 Å². The number of hydrogen-bond acceptors (Lipinski definition) is 3. The van der Waals surface area contributed by atoms with Crippen molar-refractivity contribution >= 4 is 5.91 Å². The molecule has 0 bridgehead atoms. The SMILES string of the molecule is Cc1cn(C(=O)CN)c(=O)[nH]1. The van der Waals surface area contributed by atoms with Crippen molar-refractivity contribution in [3.63, 3.8) is 0 Å². The van der Waals surface area contributed by atoms with Crippen LogP contribution in [0.5, 0.6) is 0 Å². The van der Waals surface area contributed by atoms with Gasteiger partial charge in [-0.2, -0.15) is 0 Å². The zero-order valence-corrected chi connectivity index (χ0v) is 6.13. The lowest BCUT2D eigenvalue weighted by atomic mass is 10.5. The summed E-state index contributed by atoms with van der Waals surface area (Å²) in [7, 11) is 0. The number of nitrogens with zero attached hydrogens (tertiary/aromatic N) is 1. The number of carbonyl (C=O) groups is 1. The number of aryl methyl sites for hydroxylation is 1. The maximum atomic E-state index is 10.9. The van der Waals surface area contributed by atoms with Gasteiger partial charge in [0.15, 0.2) is 0 Å². The molecule has 11 heavy (non-hydrogen) atoms. The molecule has 0 saturated carbocycles. The van der Waals surface area contributed by atoms with Crippen LogP contribution in [0.2, 0.25) is 0 Å². The molecule has 0 fully saturated rings. The van der Waals surface area contributed by atoms with Gasteiger partial charge in [0.25, 0.3) is 0 Å². The molecule has 0 aromatic carbocycles. The fourth-order valence-electron chi connectivity index (χ4n) is 0.797. The van der Waals surface area contributed by atoms with Crippen LogP contribution in [0.15, 0.2) is 11.0 Å². The van der Waals surface area contributed by atoms with Crippen molar-refractivity contribution in [3.05, 3.63) is 22.4 Å². The average Bonchev–Trinajstić information content (AvgIpc) is 2.28. The van der Waals surface area contributed by atoms with E-state index < -0.39 is 11.6 Å². The Morgan fingerprint density at radius 2 is 2.45 bits per heavy atom. The van der Waals surface area contributed by atoms with Crippen molar-refractivity contribution in [3.8, 4) is 0 Å². The molecule has 3 N–H and O–H groups in total. The van der Waals surface area contributed by atoms with Gasteiger partial charge in [0.05, 0.1) is 6.54 Å². The van der Waals surface area contributed by atoms with Crippen LogP contribution >= 0.6 is 0 Å². The minimum Gasteiger partial charge on any atom is -0.322 e. The van der Waals surface area contributed by atoms with Gasteiger partial charge in [0.1, 0.15) is 0 Å². The van der Waals surface area contributed by atoms with Crippen LogP contribution < -0.4 is 11.4 Å². The Morgan fingerprint density at radius 3 is 2.82 bits per heavy atom. The summed E-state index contributed by atoms with van der Waals surface area (Å²) in [5, 5.41) is 0. The van der Waals surface area contributed by atoms with Gasteiger partial charge in [0.2, 0.25) is 5.91 Å². The molecule has 1 heterocycles. The van der Waals surface area contributed by atoms with Crippen LogP contribution in [0, 0.1) is 6.92 Å². The molecule has 0 atom stereocenters. The molecular formula is C6H9N3O2. The van der Waals surface area contributed by atoms with Crippen LogP contribution in [0.25, 0.3) is 0 Å². The molecule has 60 valence electrons. The van der Waals surface area contributed by atoms with Crippen molar-refractivity contribution in [2.24, 2.45) is 5.73 Å². The standard InChI is InChI=1S/C6H9N3O2/c1-4-3-9(5(10)2-7)6(11)8-4/h3H,2,7H2,1H3,(H,8,11). The largest absolute Gasteiger partial charge is 0.332 e. The van der Waals surface area contributed by atoms with E-state index in [1.54, 1.807) is 6.92 Å². The van der Waals surface area contributed by atoms with Gasteiger partial charge >= 0.3 is 5.69 Å². The number of nitrogens with two attached hydrogens (primary N) is 1. The summed E-state index contributed by atoms with van der Waals surface area (Å²) < 4.78 is 0.968. The predicted molar refractivity (Wildman–Crippen MR) is 39.5 cm³/mol. The normalized spacial score (nSPS) is 10.0. The minimum atomic E-state index is -0.432. The monoisotopic (exact) mass is 155 g/mol. The lowest BCUT2D eigenvalue weighted by molar-refractivity contribution is 0.0919. The first kappa shape index (κ1) is 7.74. The van der Waals surface area contributed by atoms with Gasteiger partial charge in [0, 0.05) is 11.9 Å². The van der Waals surface area contributed by atoms with Crippen LogP contribution in [0.1, 0.15) is 10.5 Å². The third kappa shape index (κ3) is 1.38. The number of H-pyrrole nitrogens is 1. The summed E-state index contributed by atoms with van der Waals surface area (Å²) in [6, 6.07) is 0. The Morgan fingerprint density at radius 1 is 1.82 bits per heavy atom. The van der Waals surface area contributed by atoms with Crippen molar-refractivity contribution in [2.45, 2.75) is 6.92 Å². The van der Waals surface area contributed by atoms with Crippen molar-refractivity contribution in [1.29, 1.82) is 0 Å². The van der Waals surface area contributed by atoms with E-state index in [0.29, 0.717) is 5.69 Å². The molecule has 0 radical (unpaired) electrons. The summed E-state index contributed by atoms with van der Waals surface area (Å²) in [6.07, 6.45) is 1.43. The molecule has 1 aromatic heterocycles. The first-order valence-electron chi connectivity index (χ1n) is 3.16. The number of carbonyl (C=O) groups excluding carboxylic acids is 1. The van der Waals surface area contributed by atoms with Gasteiger partial charge in [-0.1, -0.05) is 0 Å². The summed E-state index contributed by atoms with van der Waals surface area (Å²) in [6.45, 7) is 1.54. The number of imidazole rings is 1. The smallest absolute Gasteiger partial charge is 0.322 e. The van der Waals surface area contributed by atoms with E-state index >= 15 is 0 Å². The predicted octanol–water partition coefficient (Wildman–Crippen LogP) is -0.916. The molecule has 5 nitrogen and oxygen atoms in total. The highest BCUT2D eigenvalue weighted by Gasteiger charge is 2.05. The van der Waals surface area contributed by atoms with Crippen LogP contribution in [0.3, 0.4) is 0 Å². The van der Waals surface area contributed by atoms with Crippen molar-refractivity contribution in [2.75, 3.05) is 6.54 Å². The van der Waals surface area contributed by atoms with E-state index in [1.165, 1.54) is 6.20 Å². The van der Waals surface area contributed by atoms with Crippen molar-refractivity contribution < 1.29 is 4.79 Å². The zero-order valence-electron chi connectivity index (χ0n) is 6.13. The van der Waals surface area contributed by atoms with Gasteiger partial charge < -0.3 is 10.7 Å². The van der Waals surface area contributed by atoms with E-state index in [2.05, 4.69) is 4.98 Å². The Balaban J connectivity index is 3.13. The molecular weight excluding hydrogens is 146 g/mol. The topological polar surface area (TPSA) is 80.9 Å². The Kier molecular flexibility index (Phi) is 1.91. The molecule has 0 aliphatic carbocycles. The van der Waals surface area contributed by atoms with Gasteiger partial charge in [-0.05, 0) is 6.92 Å². The Bertz CT molecular complexity index is 323. The fraction of sp³-hybridized carbons (Fsp3) is 0.333. The number of aromatic nitrogens is 2. The molecule has 0 aliphatic heterocycles. The molecule has 5 heteroatoms. The van der Waals surface area contributed by atoms with E-state index in [-0.39, 0.29) is 6.54 Å². The number of aromatic amines is 1. The molecule has 1 aromatic rings. The Labute approximate surface area is 62.8 Å². The quantitative estimate of drug-likeness (QED) is 0.550. The second-order valence-electron chi connectivity index (χ2n) is 2.21. The zero-order chi connectivity index (χ0) is 8.43. The molecule has 0 spiro atoms. The third-order valence-corrected chi connectivity index (χ3v) is 1.29. The molecule has 0 unspecified atom stereocenters. The summed E-state index contributed by atoms with van der Waals surface area (Å²) in [5.41, 5.74) is 5.28. The first-order chi connectivity index (χ1) is 5.15. The molecule has 0 amide bonds. The van der Waals surface area contributed by atoms with Gasteiger partial charge in [-0.3, -0.25) is 4.79 Å². The summed E-state index contributed by atoms with van der Waals surface area (Å²) in [5.74, 6) is -0.403. The summed E-state index contributed by atoms with van der Waals surface area (Å²) in [4.78, 5) is 24.2. The maximum absolute atomic E-state index is 10.9. The minimum absolute atomic E-state index is 0.156. The van der Waals surface area contributed by atoms with Gasteiger partial charge in [-0.25, -0.2) is 9.36 Å². The van der Waals surface area contributed by atoms with E-state index in [4.69, 9.17) is 5.73 Å². The molecule has 0 aliphatic rings. The highest BCUT2D eigenvalue weighted by Crippen LogP contribution is 1.86. The number of hydrogen-bond donors (Lipinski definition) is 2. The molecule has 0 saturated heterocycles. The maximum Gasteiger partial charge on any atom is 0.332 e. The molecule has 1 rings (SSSR count). The second kappa shape index (κ2) is 2.71. The third-order valence-electron chi connectivity index (χ3n) is 1.29. The van der Waals surface area contributed by atoms with E-state index in [9.17, 15) is 9.59 Å². The average molecular weight is 155 g/mol. The Hall–Kier alpha value is -1.36. The second-order valence-corrected chi connectivity index (χ2v) is 2.21. The number of rotatable bonds is 1. The first-order valence-corrected chi connectivity index (χ1v) is 3.16.